The molecule has 0 radical (unpaired) electrons. The van der Waals surface area contributed by atoms with Crippen LogP contribution in [0, 0.1) is 0 Å². The van der Waals surface area contributed by atoms with Gasteiger partial charge in [-0.3, -0.25) is 0 Å². The Morgan fingerprint density at radius 2 is 1.00 bits per heavy atom. The minimum Gasteiger partial charge on any atom is -0.199 e. The Bertz CT molecular complexity index is 137. The fourth-order valence-corrected chi connectivity index (χ4v) is 1.59. The Labute approximate surface area is 98.1 Å². The highest BCUT2D eigenvalue weighted by Crippen LogP contribution is 2.19. The second kappa shape index (κ2) is 8.93. The van der Waals surface area contributed by atoms with Gasteiger partial charge in [-0.1, -0.05) is 39.5 Å². The van der Waals surface area contributed by atoms with Crippen molar-refractivity contribution in [3.63, 3.8) is 0 Å². The van der Waals surface area contributed by atoms with Gasteiger partial charge in [0.15, 0.2) is 0 Å². The van der Waals surface area contributed by atoms with E-state index in [2.05, 4.69) is 13.8 Å². The lowest BCUT2D eigenvalue weighted by molar-refractivity contribution is -0.591. The number of rotatable bonds is 8. The highest BCUT2D eigenvalue weighted by molar-refractivity contribution is 4.48. The maximum Gasteiger partial charge on any atom is 0.224 e. The Kier molecular flexibility index (Phi) is 7.76. The van der Waals surface area contributed by atoms with Gasteiger partial charge < -0.3 is 0 Å². The maximum atomic E-state index is 5.12. The first kappa shape index (κ1) is 13.9. The molecule has 1 saturated heterocycles. The molecule has 96 valence electrons. The van der Waals surface area contributed by atoms with Crippen molar-refractivity contribution in [3.05, 3.63) is 0 Å². The van der Waals surface area contributed by atoms with E-state index < -0.39 is 0 Å². The predicted molar refractivity (Wildman–Crippen MR) is 60.2 cm³/mol. The van der Waals surface area contributed by atoms with Gasteiger partial charge in [-0.2, -0.15) is 19.6 Å². The third kappa shape index (κ3) is 5.80. The van der Waals surface area contributed by atoms with Gasteiger partial charge in [-0.15, -0.1) is 0 Å². The Hall–Kier alpha value is -0.160. The van der Waals surface area contributed by atoms with Gasteiger partial charge in [0.1, 0.15) is 0 Å². The summed E-state index contributed by atoms with van der Waals surface area (Å²) < 4.78 is 0. The quantitative estimate of drug-likeness (QED) is 0.472. The van der Waals surface area contributed by atoms with Crippen LogP contribution in [0.25, 0.3) is 0 Å². The lowest BCUT2D eigenvalue weighted by atomic mass is 10.2. The second-order valence-electron chi connectivity index (χ2n) is 4.24. The molecule has 16 heavy (non-hydrogen) atoms. The molecule has 0 N–H and O–H groups in total. The summed E-state index contributed by atoms with van der Waals surface area (Å²) in [5.41, 5.74) is 0. The van der Waals surface area contributed by atoms with Crippen LogP contribution in [0.5, 0.6) is 0 Å². The van der Waals surface area contributed by atoms with E-state index in [-0.39, 0.29) is 12.6 Å². The first-order chi connectivity index (χ1) is 7.86. The molecule has 4 nitrogen and oxygen atoms in total. The highest BCUT2D eigenvalue weighted by atomic mass is 17.4. The Balaban J connectivity index is 2.00. The van der Waals surface area contributed by atoms with Crippen molar-refractivity contribution >= 4 is 0 Å². The van der Waals surface area contributed by atoms with Crippen LogP contribution in [-0.4, -0.2) is 12.6 Å². The standard InChI is InChI=1S/C12H24O4/c1-3-5-7-9-11-13-15-12(16-14-11)10-8-6-4-2/h11-12H,3-10H2,1-2H3. The van der Waals surface area contributed by atoms with Gasteiger partial charge in [0.25, 0.3) is 0 Å². The number of unbranched alkanes of at least 4 members (excludes halogenated alkanes) is 4. The summed E-state index contributed by atoms with van der Waals surface area (Å²) in [6.07, 6.45) is 7.85. The van der Waals surface area contributed by atoms with E-state index in [1.807, 2.05) is 0 Å². The molecule has 0 aromatic rings. The van der Waals surface area contributed by atoms with Gasteiger partial charge in [0, 0.05) is 12.8 Å². The summed E-state index contributed by atoms with van der Waals surface area (Å²) in [4.78, 5) is 20.5. The van der Waals surface area contributed by atoms with E-state index >= 15 is 0 Å². The minimum atomic E-state index is -0.353. The molecule has 0 amide bonds. The Morgan fingerprint density at radius 3 is 1.31 bits per heavy atom. The van der Waals surface area contributed by atoms with E-state index in [1.54, 1.807) is 0 Å². The van der Waals surface area contributed by atoms with E-state index in [0.29, 0.717) is 0 Å². The maximum absolute atomic E-state index is 5.12. The Morgan fingerprint density at radius 1 is 0.625 bits per heavy atom. The molecule has 0 aliphatic carbocycles. The molecular formula is C12H24O4. The zero-order valence-corrected chi connectivity index (χ0v) is 10.4. The average molecular weight is 232 g/mol. The first-order valence-electron chi connectivity index (χ1n) is 6.51. The minimum absolute atomic E-state index is 0.353. The summed E-state index contributed by atoms with van der Waals surface area (Å²) in [7, 11) is 0. The molecule has 1 aliphatic heterocycles. The fourth-order valence-electron chi connectivity index (χ4n) is 1.59. The predicted octanol–water partition coefficient (Wildman–Crippen LogP) is 3.71. The molecule has 1 rings (SSSR count). The molecule has 4 heteroatoms. The van der Waals surface area contributed by atoms with Gasteiger partial charge >= 0.3 is 0 Å². The molecule has 0 aromatic carbocycles. The van der Waals surface area contributed by atoms with Crippen LogP contribution in [0.1, 0.15) is 65.2 Å². The third-order valence-corrected chi connectivity index (χ3v) is 2.63. The van der Waals surface area contributed by atoms with Gasteiger partial charge in [0.05, 0.1) is 0 Å². The summed E-state index contributed by atoms with van der Waals surface area (Å²) in [6, 6.07) is 0. The van der Waals surface area contributed by atoms with Crippen LogP contribution in [-0.2, 0) is 19.6 Å². The summed E-state index contributed by atoms with van der Waals surface area (Å²) in [5.74, 6) is 0. The van der Waals surface area contributed by atoms with Crippen molar-refractivity contribution < 1.29 is 19.6 Å². The van der Waals surface area contributed by atoms with Crippen LogP contribution in [0.2, 0.25) is 0 Å². The van der Waals surface area contributed by atoms with Crippen molar-refractivity contribution in [2.24, 2.45) is 0 Å². The molecular weight excluding hydrogens is 208 g/mol. The van der Waals surface area contributed by atoms with Gasteiger partial charge in [-0.25, -0.2) is 0 Å². The normalized spacial score (nSPS) is 25.9. The number of hydrogen-bond donors (Lipinski definition) is 0. The van der Waals surface area contributed by atoms with Crippen LogP contribution in [0.15, 0.2) is 0 Å². The van der Waals surface area contributed by atoms with Crippen LogP contribution < -0.4 is 0 Å². The SMILES string of the molecule is CCCCCC1OOC(CCCCC)OO1. The van der Waals surface area contributed by atoms with E-state index in [9.17, 15) is 0 Å². The largest absolute Gasteiger partial charge is 0.224 e. The first-order valence-corrected chi connectivity index (χ1v) is 6.51. The van der Waals surface area contributed by atoms with Crippen LogP contribution in [0.3, 0.4) is 0 Å². The van der Waals surface area contributed by atoms with E-state index in [1.165, 1.54) is 25.7 Å². The number of hydrogen-bond acceptors (Lipinski definition) is 4. The molecule has 0 saturated carbocycles. The lowest BCUT2D eigenvalue weighted by Gasteiger charge is -2.26. The zero-order chi connectivity index (χ0) is 11.6. The summed E-state index contributed by atoms with van der Waals surface area (Å²) in [6.45, 7) is 4.33. The monoisotopic (exact) mass is 232 g/mol. The molecule has 0 unspecified atom stereocenters. The molecule has 1 fully saturated rings. The molecule has 0 spiro atoms. The van der Waals surface area contributed by atoms with Gasteiger partial charge in [-0.05, 0) is 12.8 Å². The van der Waals surface area contributed by atoms with Crippen molar-refractivity contribution in [3.8, 4) is 0 Å². The van der Waals surface area contributed by atoms with Crippen LogP contribution in [0.4, 0.5) is 0 Å². The average Bonchev–Trinajstić information content (AvgIpc) is 2.32. The summed E-state index contributed by atoms with van der Waals surface area (Å²) >= 11 is 0. The van der Waals surface area contributed by atoms with E-state index in [0.717, 1.165) is 25.7 Å². The lowest BCUT2D eigenvalue weighted by Crippen LogP contribution is -2.32. The van der Waals surface area contributed by atoms with Crippen molar-refractivity contribution in [1.82, 2.24) is 0 Å². The van der Waals surface area contributed by atoms with Gasteiger partial charge in [0.2, 0.25) is 12.6 Å². The van der Waals surface area contributed by atoms with E-state index in [4.69, 9.17) is 19.6 Å². The molecule has 0 atom stereocenters. The topological polar surface area (TPSA) is 36.9 Å². The fraction of sp³-hybridized carbons (Fsp3) is 1.00. The second-order valence-corrected chi connectivity index (χ2v) is 4.24. The van der Waals surface area contributed by atoms with Crippen LogP contribution >= 0.6 is 0 Å². The molecule has 0 bridgehead atoms. The highest BCUT2D eigenvalue weighted by Gasteiger charge is 2.24. The molecule has 1 heterocycles. The zero-order valence-electron chi connectivity index (χ0n) is 10.4. The molecule has 1 aliphatic rings. The van der Waals surface area contributed by atoms with Crippen molar-refractivity contribution in [2.45, 2.75) is 77.8 Å². The third-order valence-electron chi connectivity index (χ3n) is 2.63. The molecule has 0 aromatic heterocycles. The summed E-state index contributed by atoms with van der Waals surface area (Å²) in [5, 5.41) is 0. The smallest absolute Gasteiger partial charge is 0.199 e. The van der Waals surface area contributed by atoms with Crippen molar-refractivity contribution in [1.29, 1.82) is 0 Å². The van der Waals surface area contributed by atoms with Crippen molar-refractivity contribution in [2.75, 3.05) is 0 Å².